The van der Waals surface area contributed by atoms with Gasteiger partial charge in [-0.1, -0.05) is 19.1 Å². The molecule has 0 bridgehead atoms. The lowest BCUT2D eigenvalue weighted by Crippen LogP contribution is -2.45. The fourth-order valence-corrected chi connectivity index (χ4v) is 5.63. The highest BCUT2D eigenvalue weighted by molar-refractivity contribution is 5.79. The van der Waals surface area contributed by atoms with E-state index in [0.29, 0.717) is 42.2 Å². The monoisotopic (exact) mass is 579 g/mol. The number of benzene rings is 1. The fourth-order valence-electron chi connectivity index (χ4n) is 5.63. The number of aromatic nitrogens is 4. The second kappa shape index (κ2) is 11.7. The highest BCUT2D eigenvalue weighted by atomic mass is 19.4. The van der Waals surface area contributed by atoms with Gasteiger partial charge in [0.05, 0.1) is 18.2 Å². The zero-order valence-electron chi connectivity index (χ0n) is 23.3. The maximum absolute atomic E-state index is 14.1. The van der Waals surface area contributed by atoms with Crippen LogP contribution in [0.5, 0.6) is 11.6 Å². The van der Waals surface area contributed by atoms with E-state index in [1.807, 2.05) is 18.2 Å². The molecule has 1 fully saturated rings. The summed E-state index contributed by atoms with van der Waals surface area (Å²) in [7, 11) is 0. The number of amides is 1. The van der Waals surface area contributed by atoms with Crippen LogP contribution >= 0.6 is 0 Å². The third kappa shape index (κ3) is 6.09. The van der Waals surface area contributed by atoms with Crippen molar-refractivity contribution in [2.45, 2.75) is 39.0 Å². The molecule has 42 heavy (non-hydrogen) atoms. The minimum absolute atomic E-state index is 0.107. The summed E-state index contributed by atoms with van der Waals surface area (Å²) in [6.07, 6.45) is 0.765. The van der Waals surface area contributed by atoms with Gasteiger partial charge in [-0.15, -0.1) is 0 Å². The first-order chi connectivity index (χ1) is 20.3. The van der Waals surface area contributed by atoms with E-state index in [4.69, 9.17) is 4.74 Å². The fraction of sp³-hybridized carbons (Fsp3) is 0.400. The van der Waals surface area contributed by atoms with Crippen molar-refractivity contribution < 1.29 is 22.7 Å². The van der Waals surface area contributed by atoms with E-state index in [1.165, 1.54) is 12.4 Å². The molecule has 4 aromatic rings. The smallest absolute Gasteiger partial charge is 0.416 e. The molecule has 9 nitrogen and oxygen atoms in total. The maximum Gasteiger partial charge on any atom is 0.416 e. The molecule has 1 saturated heterocycles. The Morgan fingerprint density at radius 3 is 2.62 bits per heavy atom. The van der Waals surface area contributed by atoms with E-state index in [9.17, 15) is 18.0 Å². The van der Waals surface area contributed by atoms with Crippen LogP contribution in [0.3, 0.4) is 0 Å². The summed E-state index contributed by atoms with van der Waals surface area (Å²) in [5.41, 5.74) is 2.34. The molecule has 1 amide bonds. The molecule has 2 aliphatic heterocycles. The number of hydrogen-bond donors (Lipinski definition) is 0. The van der Waals surface area contributed by atoms with Crippen LogP contribution in [-0.2, 0) is 36.9 Å². The summed E-state index contributed by atoms with van der Waals surface area (Å²) in [4.78, 5) is 28.0. The number of likely N-dealkylation sites (N-methyl/N-ethyl adjacent to an activating group) is 1. The topological polar surface area (TPSA) is 79.1 Å². The normalized spacial score (nSPS) is 16.5. The first-order valence-corrected chi connectivity index (χ1v) is 14.1. The van der Waals surface area contributed by atoms with Crippen LogP contribution in [0.2, 0.25) is 0 Å². The predicted octanol–water partition coefficient (Wildman–Crippen LogP) is 4.20. The minimum Gasteiger partial charge on any atom is -0.435 e. The first kappa shape index (κ1) is 28.1. The summed E-state index contributed by atoms with van der Waals surface area (Å²) in [5.74, 6) is 0.633. The van der Waals surface area contributed by atoms with E-state index in [1.54, 1.807) is 27.9 Å². The molecule has 12 heteroatoms. The van der Waals surface area contributed by atoms with Gasteiger partial charge in [0.2, 0.25) is 11.8 Å². The van der Waals surface area contributed by atoms with Gasteiger partial charge >= 0.3 is 6.18 Å². The Balaban J connectivity index is 1.13. The van der Waals surface area contributed by atoms with Crippen LogP contribution in [-0.4, -0.2) is 79.5 Å². The Labute approximate surface area is 241 Å². The van der Waals surface area contributed by atoms with Crippen LogP contribution in [0.25, 0.3) is 5.52 Å². The van der Waals surface area contributed by atoms with Gasteiger partial charge in [-0.2, -0.15) is 23.3 Å². The van der Waals surface area contributed by atoms with Crippen molar-refractivity contribution in [3.05, 3.63) is 83.1 Å². The zero-order chi connectivity index (χ0) is 29.3. The van der Waals surface area contributed by atoms with Crippen molar-refractivity contribution >= 4 is 11.4 Å². The Morgan fingerprint density at radius 2 is 1.83 bits per heavy atom. The van der Waals surface area contributed by atoms with Crippen LogP contribution in [0.1, 0.15) is 34.9 Å². The molecule has 0 aliphatic carbocycles. The molecule has 6 rings (SSSR count). The summed E-state index contributed by atoms with van der Waals surface area (Å²) in [6, 6.07) is 9.84. The summed E-state index contributed by atoms with van der Waals surface area (Å²) < 4.78 is 49.8. The predicted molar refractivity (Wildman–Crippen MR) is 149 cm³/mol. The van der Waals surface area contributed by atoms with E-state index in [0.717, 1.165) is 50.0 Å². The highest BCUT2D eigenvalue weighted by Crippen LogP contribution is 2.34. The van der Waals surface area contributed by atoms with Gasteiger partial charge in [0, 0.05) is 64.1 Å². The number of hydrogen-bond acceptors (Lipinski definition) is 7. The number of nitrogens with zero attached hydrogens (tertiary/aromatic N) is 7. The average molecular weight is 580 g/mol. The van der Waals surface area contributed by atoms with Crippen molar-refractivity contribution in [2.75, 3.05) is 39.3 Å². The molecule has 0 saturated carbocycles. The minimum atomic E-state index is -4.50. The molecule has 0 spiro atoms. The van der Waals surface area contributed by atoms with Gasteiger partial charge in [0.15, 0.2) is 0 Å². The quantitative estimate of drug-likeness (QED) is 0.325. The molecule has 0 atom stereocenters. The number of carbonyl (C=O) groups excluding carboxylic acids is 1. The number of rotatable bonds is 7. The van der Waals surface area contributed by atoms with Crippen molar-refractivity contribution in [3.8, 4) is 11.6 Å². The Hall–Kier alpha value is -4.03. The van der Waals surface area contributed by atoms with Gasteiger partial charge in [-0.25, -0.2) is 4.52 Å². The second-order valence-electron chi connectivity index (χ2n) is 10.7. The summed E-state index contributed by atoms with van der Waals surface area (Å²) >= 11 is 0. The number of pyridine rings is 1. The second-order valence-corrected chi connectivity index (χ2v) is 10.7. The van der Waals surface area contributed by atoms with Gasteiger partial charge < -0.3 is 14.5 Å². The zero-order valence-corrected chi connectivity index (χ0v) is 23.3. The largest absolute Gasteiger partial charge is 0.435 e. The van der Waals surface area contributed by atoms with Crippen molar-refractivity contribution in [3.63, 3.8) is 0 Å². The van der Waals surface area contributed by atoms with E-state index >= 15 is 0 Å². The van der Waals surface area contributed by atoms with Crippen LogP contribution in [0, 0.1) is 0 Å². The Morgan fingerprint density at radius 1 is 1.02 bits per heavy atom. The highest BCUT2D eigenvalue weighted by Gasteiger charge is 2.34. The molecule has 1 aromatic carbocycles. The van der Waals surface area contributed by atoms with Crippen LogP contribution in [0.4, 0.5) is 13.2 Å². The number of ether oxygens (including phenoxy) is 1. The molecule has 5 heterocycles. The molecular weight excluding hydrogens is 547 g/mol. The van der Waals surface area contributed by atoms with Gasteiger partial charge in [-0.05, 0) is 47.5 Å². The number of fused-ring (bicyclic) bond motifs is 2. The van der Waals surface area contributed by atoms with E-state index in [-0.39, 0.29) is 24.4 Å². The maximum atomic E-state index is 14.1. The molecule has 0 radical (unpaired) electrons. The Bertz CT molecular complexity index is 1580. The number of alkyl halides is 3. The summed E-state index contributed by atoms with van der Waals surface area (Å²) in [5, 5.41) is 4.13. The van der Waals surface area contributed by atoms with Crippen molar-refractivity contribution in [1.82, 2.24) is 34.3 Å². The molecule has 3 aromatic heterocycles. The number of halogens is 3. The molecule has 220 valence electrons. The van der Waals surface area contributed by atoms with Crippen molar-refractivity contribution in [1.29, 1.82) is 0 Å². The van der Waals surface area contributed by atoms with Gasteiger partial charge in [-0.3, -0.25) is 14.7 Å². The number of piperazine rings is 1. The SMILES string of the molecule is CCN1CCN(Cc2ccc(CC(=O)N3CCc4ncc(Oc5ncnn6cccc56)cc4C3)cc2C(F)(F)F)CC1. The van der Waals surface area contributed by atoms with Gasteiger partial charge in [0.25, 0.3) is 0 Å². The van der Waals surface area contributed by atoms with Gasteiger partial charge in [0.1, 0.15) is 17.6 Å². The third-order valence-electron chi connectivity index (χ3n) is 8.02. The molecular formula is C30H32F3N7O2. The Kier molecular flexibility index (Phi) is 7.82. The molecule has 2 aliphatic rings. The van der Waals surface area contributed by atoms with E-state index < -0.39 is 11.7 Å². The van der Waals surface area contributed by atoms with Crippen LogP contribution in [0.15, 0.2) is 55.1 Å². The lowest BCUT2D eigenvalue weighted by molar-refractivity contribution is -0.138. The van der Waals surface area contributed by atoms with Crippen LogP contribution < -0.4 is 4.74 Å². The lowest BCUT2D eigenvalue weighted by atomic mass is 9.99. The average Bonchev–Trinajstić information content (AvgIpc) is 3.47. The standard InChI is InChI=1S/C30H32F3N7O2/c1-2-37-10-12-38(13-11-37)18-22-6-5-21(14-25(22)30(31,32)33)15-28(41)39-9-7-26-23(19-39)16-24(17-34-26)42-29-27-4-3-8-40(27)36-20-35-29/h3-6,8,14,16-17,20H,2,7,9-13,15,18-19H2,1H3. The third-order valence-corrected chi connectivity index (χ3v) is 8.02. The molecule has 0 N–H and O–H groups in total. The van der Waals surface area contributed by atoms with Crippen molar-refractivity contribution in [2.24, 2.45) is 0 Å². The summed E-state index contributed by atoms with van der Waals surface area (Å²) in [6.45, 7) is 7.20. The molecule has 0 unspecified atom stereocenters. The van der Waals surface area contributed by atoms with E-state index in [2.05, 4.69) is 31.8 Å². The first-order valence-electron chi connectivity index (χ1n) is 14.1. The number of carbonyl (C=O) groups is 1. The lowest BCUT2D eigenvalue weighted by Gasteiger charge is -2.34.